The van der Waals surface area contributed by atoms with Crippen molar-refractivity contribution in [2.75, 3.05) is 5.01 Å². The van der Waals surface area contributed by atoms with E-state index in [-0.39, 0.29) is 17.4 Å². The van der Waals surface area contributed by atoms with E-state index in [1.165, 1.54) is 17.1 Å². The van der Waals surface area contributed by atoms with Gasteiger partial charge in [0.05, 0.1) is 11.3 Å². The minimum atomic E-state index is -0.257. The quantitative estimate of drug-likeness (QED) is 0.552. The number of hydrazone groups is 1. The highest BCUT2D eigenvalue weighted by Crippen LogP contribution is 2.30. The molecular formula is C22H16N2O3. The van der Waals surface area contributed by atoms with Gasteiger partial charge < -0.3 is 10.2 Å². The summed E-state index contributed by atoms with van der Waals surface area (Å²) >= 11 is 0. The van der Waals surface area contributed by atoms with E-state index in [1.54, 1.807) is 12.1 Å². The van der Waals surface area contributed by atoms with Crippen molar-refractivity contribution in [2.24, 2.45) is 5.10 Å². The number of hydrogen-bond acceptors (Lipinski definition) is 4. The highest BCUT2D eigenvalue weighted by Gasteiger charge is 2.31. The molecule has 0 radical (unpaired) electrons. The van der Waals surface area contributed by atoms with Crippen molar-refractivity contribution in [3.8, 4) is 11.5 Å². The standard InChI is InChI=1S/C22H16N2O3/c25-19-12-11-15(14-20(19)26)13-18-21(16-7-3-1-4-8-16)23-24(22(18)27)17-9-5-2-6-10-17/h1-14,25-26H/b18-13-. The number of rotatable bonds is 3. The minimum Gasteiger partial charge on any atom is -0.504 e. The van der Waals surface area contributed by atoms with Gasteiger partial charge in [-0.05, 0) is 35.9 Å². The van der Waals surface area contributed by atoms with Crippen LogP contribution in [0.1, 0.15) is 11.1 Å². The molecule has 0 unspecified atom stereocenters. The summed E-state index contributed by atoms with van der Waals surface area (Å²) in [5, 5.41) is 25.2. The Labute approximate surface area is 156 Å². The largest absolute Gasteiger partial charge is 0.504 e. The third kappa shape index (κ3) is 3.18. The van der Waals surface area contributed by atoms with E-state index in [2.05, 4.69) is 5.10 Å². The molecule has 3 aromatic carbocycles. The zero-order valence-electron chi connectivity index (χ0n) is 14.3. The average molecular weight is 356 g/mol. The van der Waals surface area contributed by atoms with E-state index < -0.39 is 0 Å². The Hall–Kier alpha value is -3.86. The third-order valence-corrected chi connectivity index (χ3v) is 4.24. The zero-order valence-corrected chi connectivity index (χ0v) is 14.3. The summed E-state index contributed by atoms with van der Waals surface area (Å²) in [6.45, 7) is 0. The highest BCUT2D eigenvalue weighted by atomic mass is 16.3. The minimum absolute atomic E-state index is 0.210. The molecule has 0 aliphatic carbocycles. The van der Waals surface area contributed by atoms with E-state index in [4.69, 9.17) is 0 Å². The van der Waals surface area contributed by atoms with Crippen LogP contribution in [0.3, 0.4) is 0 Å². The molecule has 1 heterocycles. The molecule has 5 heteroatoms. The van der Waals surface area contributed by atoms with Gasteiger partial charge in [0.25, 0.3) is 5.91 Å². The number of carbonyl (C=O) groups is 1. The molecule has 0 saturated carbocycles. The summed E-state index contributed by atoms with van der Waals surface area (Å²) in [5.41, 5.74) is 3.05. The fourth-order valence-electron chi connectivity index (χ4n) is 2.90. The van der Waals surface area contributed by atoms with E-state index in [0.29, 0.717) is 22.5 Å². The van der Waals surface area contributed by atoms with E-state index in [1.807, 2.05) is 60.7 Å². The molecule has 132 valence electrons. The first-order chi connectivity index (χ1) is 13.1. The molecule has 1 aliphatic rings. The predicted molar refractivity (Wildman–Crippen MR) is 105 cm³/mol. The van der Waals surface area contributed by atoms with Crippen LogP contribution in [0.2, 0.25) is 0 Å². The first-order valence-corrected chi connectivity index (χ1v) is 8.41. The summed E-state index contributed by atoms with van der Waals surface area (Å²) in [5.74, 6) is -0.710. The van der Waals surface area contributed by atoms with Crippen molar-refractivity contribution in [1.29, 1.82) is 0 Å². The van der Waals surface area contributed by atoms with Gasteiger partial charge in [-0.3, -0.25) is 4.79 Å². The van der Waals surface area contributed by atoms with Gasteiger partial charge in [0, 0.05) is 5.56 Å². The highest BCUT2D eigenvalue weighted by molar-refractivity contribution is 6.37. The third-order valence-electron chi connectivity index (χ3n) is 4.24. The number of carbonyl (C=O) groups excluding carboxylic acids is 1. The van der Waals surface area contributed by atoms with Crippen LogP contribution < -0.4 is 5.01 Å². The topological polar surface area (TPSA) is 73.1 Å². The fraction of sp³-hybridized carbons (Fsp3) is 0. The molecule has 0 fully saturated rings. The Kier molecular flexibility index (Phi) is 4.18. The fourth-order valence-corrected chi connectivity index (χ4v) is 2.90. The molecule has 27 heavy (non-hydrogen) atoms. The van der Waals surface area contributed by atoms with Crippen molar-refractivity contribution in [3.05, 3.63) is 95.6 Å². The number of para-hydroxylation sites is 1. The second-order valence-corrected chi connectivity index (χ2v) is 6.07. The van der Waals surface area contributed by atoms with Crippen molar-refractivity contribution in [3.63, 3.8) is 0 Å². The van der Waals surface area contributed by atoms with Crippen molar-refractivity contribution < 1.29 is 15.0 Å². The van der Waals surface area contributed by atoms with Crippen molar-refractivity contribution in [2.45, 2.75) is 0 Å². The molecule has 3 aromatic rings. The molecule has 0 bridgehead atoms. The normalized spacial score (nSPS) is 15.3. The van der Waals surface area contributed by atoms with Crippen LogP contribution in [-0.4, -0.2) is 21.8 Å². The number of phenolic OH excluding ortho intramolecular Hbond substituents is 2. The summed E-state index contributed by atoms with van der Waals surface area (Å²) in [7, 11) is 0. The molecule has 2 N–H and O–H groups in total. The van der Waals surface area contributed by atoms with E-state index in [9.17, 15) is 15.0 Å². The first kappa shape index (κ1) is 16.6. The predicted octanol–water partition coefficient (Wildman–Crippen LogP) is 3.93. The number of nitrogens with zero attached hydrogens (tertiary/aromatic N) is 2. The first-order valence-electron chi connectivity index (χ1n) is 8.41. The zero-order chi connectivity index (χ0) is 18.8. The summed E-state index contributed by atoms with van der Waals surface area (Å²) in [6, 6.07) is 23.1. The van der Waals surface area contributed by atoms with Gasteiger partial charge >= 0.3 is 0 Å². The number of benzene rings is 3. The van der Waals surface area contributed by atoms with Crippen LogP contribution >= 0.6 is 0 Å². The lowest BCUT2D eigenvalue weighted by Crippen LogP contribution is -2.21. The van der Waals surface area contributed by atoms with Gasteiger partial charge in [0.1, 0.15) is 5.71 Å². The number of anilines is 1. The van der Waals surface area contributed by atoms with Gasteiger partial charge in [-0.2, -0.15) is 10.1 Å². The van der Waals surface area contributed by atoms with Gasteiger partial charge in [-0.1, -0.05) is 54.6 Å². The number of phenols is 2. The lowest BCUT2D eigenvalue weighted by molar-refractivity contribution is -0.114. The molecule has 0 aromatic heterocycles. The summed E-state index contributed by atoms with van der Waals surface area (Å²) in [4.78, 5) is 13.1. The second kappa shape index (κ2) is 6.80. The van der Waals surface area contributed by atoms with Crippen LogP contribution in [0, 0.1) is 0 Å². The van der Waals surface area contributed by atoms with Crippen LogP contribution in [0.4, 0.5) is 5.69 Å². The van der Waals surface area contributed by atoms with Crippen LogP contribution in [0.25, 0.3) is 6.08 Å². The molecule has 1 aliphatic heterocycles. The Bertz CT molecular complexity index is 1060. The summed E-state index contributed by atoms with van der Waals surface area (Å²) < 4.78 is 0. The van der Waals surface area contributed by atoms with Crippen LogP contribution in [0.15, 0.2) is 89.5 Å². The molecule has 1 amide bonds. The molecule has 0 saturated heterocycles. The Morgan fingerprint density at radius 2 is 1.48 bits per heavy atom. The number of aromatic hydroxyl groups is 2. The molecular weight excluding hydrogens is 340 g/mol. The smallest absolute Gasteiger partial charge is 0.281 e. The lowest BCUT2D eigenvalue weighted by atomic mass is 10.00. The number of amides is 1. The second-order valence-electron chi connectivity index (χ2n) is 6.07. The average Bonchev–Trinajstić information content (AvgIpc) is 3.02. The van der Waals surface area contributed by atoms with Gasteiger partial charge in [0.15, 0.2) is 11.5 Å². The van der Waals surface area contributed by atoms with Crippen molar-refractivity contribution >= 4 is 23.4 Å². The molecule has 0 spiro atoms. The van der Waals surface area contributed by atoms with Gasteiger partial charge in [-0.25, -0.2) is 0 Å². The van der Waals surface area contributed by atoms with Crippen LogP contribution in [0.5, 0.6) is 11.5 Å². The van der Waals surface area contributed by atoms with Crippen molar-refractivity contribution in [1.82, 2.24) is 0 Å². The molecule has 0 atom stereocenters. The van der Waals surface area contributed by atoms with E-state index in [0.717, 1.165) is 5.56 Å². The van der Waals surface area contributed by atoms with Gasteiger partial charge in [-0.15, -0.1) is 0 Å². The number of hydrogen-bond donors (Lipinski definition) is 2. The Morgan fingerprint density at radius 1 is 0.815 bits per heavy atom. The van der Waals surface area contributed by atoms with Gasteiger partial charge in [0.2, 0.25) is 0 Å². The Morgan fingerprint density at radius 3 is 2.15 bits per heavy atom. The molecule has 4 rings (SSSR count). The SMILES string of the molecule is O=C1/C(=C\c2ccc(O)c(O)c2)C(c2ccccc2)=NN1c1ccccc1. The molecule has 5 nitrogen and oxygen atoms in total. The van der Waals surface area contributed by atoms with E-state index >= 15 is 0 Å². The monoisotopic (exact) mass is 356 g/mol. The maximum Gasteiger partial charge on any atom is 0.281 e. The Balaban J connectivity index is 1.83. The maximum absolute atomic E-state index is 13.1. The summed E-state index contributed by atoms with van der Waals surface area (Å²) in [6.07, 6.45) is 1.66. The maximum atomic E-state index is 13.1. The lowest BCUT2D eigenvalue weighted by Gasteiger charge is -2.10. The van der Waals surface area contributed by atoms with Crippen LogP contribution in [-0.2, 0) is 4.79 Å².